The number of carbonyl (C=O) groups excluding carboxylic acids is 1. The molecular weight excluding hydrogens is 212 g/mol. The molecule has 0 saturated heterocycles. The summed E-state index contributed by atoms with van der Waals surface area (Å²) in [4.78, 5) is 12.0. The standard InChI is InChI=1S/C14H20N2O/c1-15-13-9-5-6-11(10-13)14(17)16-12-7-3-2-4-8-12/h5-6,9-10,12,15H,2-4,7-8H2,1H3,(H,16,17). The van der Waals surface area contributed by atoms with Crippen molar-refractivity contribution in [1.82, 2.24) is 5.32 Å². The van der Waals surface area contributed by atoms with Crippen molar-refractivity contribution in [2.24, 2.45) is 0 Å². The molecule has 0 aliphatic heterocycles. The van der Waals surface area contributed by atoms with Gasteiger partial charge in [-0.2, -0.15) is 0 Å². The number of carbonyl (C=O) groups is 1. The van der Waals surface area contributed by atoms with Gasteiger partial charge in [-0.05, 0) is 31.0 Å². The maximum Gasteiger partial charge on any atom is 0.251 e. The third-order valence-corrected chi connectivity index (χ3v) is 3.35. The Labute approximate surface area is 103 Å². The summed E-state index contributed by atoms with van der Waals surface area (Å²) in [6.07, 6.45) is 6.03. The number of benzene rings is 1. The minimum atomic E-state index is 0.0500. The lowest BCUT2D eigenvalue weighted by Gasteiger charge is -2.22. The highest BCUT2D eigenvalue weighted by molar-refractivity contribution is 5.95. The fraction of sp³-hybridized carbons (Fsp3) is 0.500. The van der Waals surface area contributed by atoms with E-state index in [2.05, 4.69) is 10.6 Å². The molecule has 1 amide bonds. The van der Waals surface area contributed by atoms with Crippen LogP contribution in [0, 0.1) is 0 Å². The molecule has 1 aliphatic carbocycles. The van der Waals surface area contributed by atoms with Gasteiger partial charge in [0.2, 0.25) is 0 Å². The average Bonchev–Trinajstić information content (AvgIpc) is 2.40. The van der Waals surface area contributed by atoms with Crippen LogP contribution in [0.15, 0.2) is 24.3 Å². The monoisotopic (exact) mass is 232 g/mol. The highest BCUT2D eigenvalue weighted by atomic mass is 16.1. The van der Waals surface area contributed by atoms with Gasteiger partial charge in [-0.25, -0.2) is 0 Å². The van der Waals surface area contributed by atoms with Gasteiger partial charge in [0, 0.05) is 24.3 Å². The minimum absolute atomic E-state index is 0.0500. The van der Waals surface area contributed by atoms with Gasteiger partial charge in [-0.15, -0.1) is 0 Å². The molecule has 0 aromatic heterocycles. The zero-order valence-electron chi connectivity index (χ0n) is 10.3. The van der Waals surface area contributed by atoms with E-state index in [1.54, 1.807) is 0 Å². The minimum Gasteiger partial charge on any atom is -0.388 e. The second kappa shape index (κ2) is 5.71. The van der Waals surface area contributed by atoms with Crippen LogP contribution in [0.25, 0.3) is 0 Å². The molecule has 0 spiro atoms. The first-order valence-electron chi connectivity index (χ1n) is 6.38. The van der Waals surface area contributed by atoms with Gasteiger partial charge < -0.3 is 10.6 Å². The van der Waals surface area contributed by atoms with Gasteiger partial charge in [0.15, 0.2) is 0 Å². The van der Waals surface area contributed by atoms with E-state index in [1.807, 2.05) is 31.3 Å². The third kappa shape index (κ3) is 3.22. The quantitative estimate of drug-likeness (QED) is 0.841. The van der Waals surface area contributed by atoms with Crippen molar-refractivity contribution in [2.75, 3.05) is 12.4 Å². The van der Waals surface area contributed by atoms with E-state index in [9.17, 15) is 4.79 Å². The lowest BCUT2D eigenvalue weighted by molar-refractivity contribution is 0.0928. The van der Waals surface area contributed by atoms with Crippen molar-refractivity contribution in [2.45, 2.75) is 38.1 Å². The fourth-order valence-electron chi connectivity index (χ4n) is 2.33. The molecule has 0 unspecified atom stereocenters. The molecular formula is C14H20N2O. The molecule has 2 N–H and O–H groups in total. The maximum atomic E-state index is 12.0. The molecule has 0 radical (unpaired) electrons. The second-order valence-corrected chi connectivity index (χ2v) is 4.64. The molecule has 1 aromatic carbocycles. The number of rotatable bonds is 3. The Bertz CT molecular complexity index is 384. The van der Waals surface area contributed by atoms with Crippen molar-refractivity contribution in [3.63, 3.8) is 0 Å². The number of hydrogen-bond donors (Lipinski definition) is 2. The van der Waals surface area contributed by atoms with Crippen LogP contribution < -0.4 is 10.6 Å². The van der Waals surface area contributed by atoms with Crippen LogP contribution in [0.1, 0.15) is 42.5 Å². The smallest absolute Gasteiger partial charge is 0.251 e. The van der Waals surface area contributed by atoms with E-state index in [0.717, 1.165) is 24.1 Å². The van der Waals surface area contributed by atoms with Crippen molar-refractivity contribution in [1.29, 1.82) is 0 Å². The van der Waals surface area contributed by atoms with Crippen LogP contribution in [0.3, 0.4) is 0 Å². The summed E-state index contributed by atoms with van der Waals surface area (Å²) in [5.74, 6) is 0.0500. The molecule has 92 valence electrons. The zero-order valence-corrected chi connectivity index (χ0v) is 10.3. The van der Waals surface area contributed by atoms with E-state index in [0.29, 0.717) is 6.04 Å². The summed E-state index contributed by atoms with van der Waals surface area (Å²) in [5, 5.41) is 6.17. The normalized spacial score (nSPS) is 16.5. The number of nitrogens with one attached hydrogen (secondary N) is 2. The van der Waals surface area contributed by atoms with Gasteiger partial charge in [-0.3, -0.25) is 4.79 Å². The van der Waals surface area contributed by atoms with Crippen molar-refractivity contribution < 1.29 is 4.79 Å². The van der Waals surface area contributed by atoms with Crippen molar-refractivity contribution >= 4 is 11.6 Å². The Balaban J connectivity index is 1.98. The Morgan fingerprint density at radius 2 is 2.00 bits per heavy atom. The molecule has 0 atom stereocenters. The first-order valence-corrected chi connectivity index (χ1v) is 6.38. The molecule has 17 heavy (non-hydrogen) atoms. The number of anilines is 1. The molecule has 1 aromatic rings. The predicted octanol–water partition coefficient (Wildman–Crippen LogP) is 2.79. The Morgan fingerprint density at radius 3 is 2.71 bits per heavy atom. The number of amides is 1. The highest BCUT2D eigenvalue weighted by Crippen LogP contribution is 2.18. The SMILES string of the molecule is CNc1cccc(C(=O)NC2CCCCC2)c1. The molecule has 1 fully saturated rings. The summed E-state index contributed by atoms with van der Waals surface area (Å²) in [6.45, 7) is 0. The first-order chi connectivity index (χ1) is 8.29. The second-order valence-electron chi connectivity index (χ2n) is 4.64. The highest BCUT2D eigenvalue weighted by Gasteiger charge is 2.16. The lowest BCUT2D eigenvalue weighted by atomic mass is 9.95. The van der Waals surface area contributed by atoms with Crippen LogP contribution in [0.5, 0.6) is 0 Å². The summed E-state index contributed by atoms with van der Waals surface area (Å²) >= 11 is 0. The van der Waals surface area contributed by atoms with Crippen LogP contribution in [-0.4, -0.2) is 19.0 Å². The van der Waals surface area contributed by atoms with E-state index in [-0.39, 0.29) is 5.91 Å². The fourth-order valence-corrected chi connectivity index (χ4v) is 2.33. The molecule has 1 aliphatic rings. The van der Waals surface area contributed by atoms with Gasteiger partial charge in [0.05, 0.1) is 0 Å². The first kappa shape index (κ1) is 12.0. The van der Waals surface area contributed by atoms with Gasteiger partial charge in [0.25, 0.3) is 5.91 Å². The van der Waals surface area contributed by atoms with Gasteiger partial charge in [-0.1, -0.05) is 25.3 Å². The maximum absolute atomic E-state index is 12.0. The molecule has 1 saturated carbocycles. The third-order valence-electron chi connectivity index (χ3n) is 3.35. The van der Waals surface area contributed by atoms with E-state index in [4.69, 9.17) is 0 Å². The summed E-state index contributed by atoms with van der Waals surface area (Å²) in [6, 6.07) is 7.98. The van der Waals surface area contributed by atoms with E-state index >= 15 is 0 Å². The van der Waals surface area contributed by atoms with Crippen LogP contribution >= 0.6 is 0 Å². The average molecular weight is 232 g/mol. The summed E-state index contributed by atoms with van der Waals surface area (Å²) in [7, 11) is 1.86. The topological polar surface area (TPSA) is 41.1 Å². The van der Waals surface area contributed by atoms with Gasteiger partial charge >= 0.3 is 0 Å². The molecule has 3 nitrogen and oxygen atoms in total. The Kier molecular flexibility index (Phi) is 4.02. The summed E-state index contributed by atoms with van der Waals surface area (Å²) in [5.41, 5.74) is 1.71. The Hall–Kier alpha value is -1.51. The largest absolute Gasteiger partial charge is 0.388 e. The zero-order chi connectivity index (χ0) is 12.1. The van der Waals surface area contributed by atoms with Crippen LogP contribution in [0.4, 0.5) is 5.69 Å². The van der Waals surface area contributed by atoms with Crippen molar-refractivity contribution in [3.05, 3.63) is 29.8 Å². The molecule has 0 bridgehead atoms. The summed E-state index contributed by atoms with van der Waals surface area (Å²) < 4.78 is 0. The number of hydrogen-bond acceptors (Lipinski definition) is 2. The van der Waals surface area contributed by atoms with Crippen molar-refractivity contribution in [3.8, 4) is 0 Å². The Morgan fingerprint density at radius 1 is 1.24 bits per heavy atom. The predicted molar refractivity (Wildman–Crippen MR) is 70.3 cm³/mol. The lowest BCUT2D eigenvalue weighted by Crippen LogP contribution is -2.36. The van der Waals surface area contributed by atoms with Crippen LogP contribution in [0.2, 0.25) is 0 Å². The molecule has 2 rings (SSSR count). The van der Waals surface area contributed by atoms with Gasteiger partial charge in [0.1, 0.15) is 0 Å². The van der Waals surface area contributed by atoms with Crippen LogP contribution in [-0.2, 0) is 0 Å². The molecule has 3 heteroatoms. The molecule has 0 heterocycles. The van der Waals surface area contributed by atoms with E-state index < -0.39 is 0 Å². The van der Waals surface area contributed by atoms with E-state index in [1.165, 1.54) is 19.3 Å².